The van der Waals surface area contributed by atoms with E-state index in [4.69, 9.17) is 23.2 Å². The molecular formula is C11H12Cl2N2O. The fourth-order valence-corrected chi connectivity index (χ4v) is 1.61. The zero-order chi connectivity index (χ0) is 12.1. The Kier molecular flexibility index (Phi) is 4.80. The summed E-state index contributed by atoms with van der Waals surface area (Å²) in [7, 11) is 3.46. The smallest absolute Gasteiger partial charge is 0.258 e. The molecule has 0 unspecified atom stereocenters. The molecule has 0 bridgehead atoms. The Morgan fingerprint density at radius 2 is 1.88 bits per heavy atom. The van der Waals surface area contributed by atoms with E-state index in [0.29, 0.717) is 15.6 Å². The van der Waals surface area contributed by atoms with Gasteiger partial charge < -0.3 is 0 Å². The molecule has 1 amide bonds. The Morgan fingerprint density at radius 3 is 2.38 bits per heavy atom. The van der Waals surface area contributed by atoms with E-state index in [1.165, 1.54) is 6.08 Å². The van der Waals surface area contributed by atoms with Crippen LogP contribution in [-0.4, -0.2) is 25.0 Å². The van der Waals surface area contributed by atoms with Gasteiger partial charge in [-0.3, -0.25) is 10.2 Å². The highest BCUT2D eigenvalue weighted by Crippen LogP contribution is 2.25. The molecule has 5 heteroatoms. The highest BCUT2D eigenvalue weighted by molar-refractivity contribution is 6.37. The molecule has 0 heterocycles. The summed E-state index contributed by atoms with van der Waals surface area (Å²) in [6.07, 6.45) is 2.97. The van der Waals surface area contributed by atoms with E-state index in [-0.39, 0.29) is 5.91 Å². The van der Waals surface area contributed by atoms with E-state index in [1.807, 2.05) is 0 Å². The highest BCUT2D eigenvalue weighted by atomic mass is 35.5. The molecule has 86 valence electrons. The van der Waals surface area contributed by atoms with E-state index in [1.54, 1.807) is 43.4 Å². The third-order valence-electron chi connectivity index (χ3n) is 1.73. The molecular weight excluding hydrogens is 247 g/mol. The molecule has 0 aliphatic heterocycles. The molecule has 0 aromatic heterocycles. The zero-order valence-electron chi connectivity index (χ0n) is 9.00. The van der Waals surface area contributed by atoms with E-state index in [9.17, 15) is 4.79 Å². The van der Waals surface area contributed by atoms with Gasteiger partial charge in [-0.2, -0.15) is 0 Å². The minimum Gasteiger partial charge on any atom is -0.286 e. The minimum absolute atomic E-state index is 0.235. The lowest BCUT2D eigenvalue weighted by molar-refractivity contribution is -0.119. The first kappa shape index (κ1) is 13.0. The normalized spacial score (nSPS) is 11.1. The molecule has 0 aliphatic carbocycles. The number of nitrogens with one attached hydrogen (secondary N) is 1. The van der Waals surface area contributed by atoms with Gasteiger partial charge in [-0.05, 0) is 18.2 Å². The first-order valence-electron chi connectivity index (χ1n) is 4.60. The highest BCUT2D eigenvalue weighted by Gasteiger charge is 2.02. The summed E-state index contributed by atoms with van der Waals surface area (Å²) < 4.78 is 0. The van der Waals surface area contributed by atoms with Crippen molar-refractivity contribution in [3.8, 4) is 0 Å². The third-order valence-corrected chi connectivity index (χ3v) is 2.39. The lowest BCUT2D eigenvalue weighted by Crippen LogP contribution is -2.34. The molecule has 3 nitrogen and oxygen atoms in total. The number of rotatable bonds is 3. The number of nitrogens with zero attached hydrogens (tertiary/aromatic N) is 1. The van der Waals surface area contributed by atoms with E-state index in [2.05, 4.69) is 5.43 Å². The molecule has 1 rings (SSSR count). The van der Waals surface area contributed by atoms with E-state index < -0.39 is 0 Å². The van der Waals surface area contributed by atoms with Gasteiger partial charge in [0.15, 0.2) is 0 Å². The minimum atomic E-state index is -0.235. The maximum absolute atomic E-state index is 11.3. The summed E-state index contributed by atoms with van der Waals surface area (Å²) in [5, 5.41) is 2.59. The van der Waals surface area contributed by atoms with Gasteiger partial charge in [0.25, 0.3) is 5.91 Å². The predicted molar refractivity (Wildman–Crippen MR) is 67.3 cm³/mol. The van der Waals surface area contributed by atoms with Crippen LogP contribution in [0.2, 0.25) is 10.0 Å². The van der Waals surface area contributed by atoms with Crippen LogP contribution < -0.4 is 5.43 Å². The maximum Gasteiger partial charge on any atom is 0.258 e. The van der Waals surface area contributed by atoms with Crippen LogP contribution >= 0.6 is 23.2 Å². The van der Waals surface area contributed by atoms with E-state index >= 15 is 0 Å². The summed E-state index contributed by atoms with van der Waals surface area (Å²) >= 11 is 11.9. The fraction of sp³-hybridized carbons (Fsp3) is 0.182. The number of hydrazine groups is 1. The van der Waals surface area contributed by atoms with Crippen molar-refractivity contribution in [3.63, 3.8) is 0 Å². The molecule has 1 aromatic rings. The van der Waals surface area contributed by atoms with Crippen LogP contribution in [0.1, 0.15) is 5.56 Å². The standard InChI is InChI=1S/C11H12Cl2N2O/c1-15(2)14-11(16)7-6-8-9(12)4-3-5-10(8)13/h3-7H,1-2H3,(H,14,16)/b7-6+. The lowest BCUT2D eigenvalue weighted by Gasteiger charge is -2.09. The lowest BCUT2D eigenvalue weighted by atomic mass is 10.2. The predicted octanol–water partition coefficient (Wildman–Crippen LogP) is 2.60. The van der Waals surface area contributed by atoms with Gasteiger partial charge in [0, 0.05) is 35.8 Å². The second-order valence-electron chi connectivity index (χ2n) is 3.34. The Hall–Kier alpha value is -1.03. The number of carbonyl (C=O) groups is 1. The summed E-state index contributed by atoms with van der Waals surface area (Å²) in [5.41, 5.74) is 3.21. The largest absolute Gasteiger partial charge is 0.286 e. The Morgan fingerprint density at radius 1 is 1.31 bits per heavy atom. The van der Waals surface area contributed by atoms with Gasteiger partial charge in [0.05, 0.1) is 0 Å². The molecule has 0 aliphatic rings. The van der Waals surface area contributed by atoms with Gasteiger partial charge >= 0.3 is 0 Å². The van der Waals surface area contributed by atoms with Crippen molar-refractivity contribution >= 4 is 35.2 Å². The van der Waals surface area contributed by atoms with E-state index in [0.717, 1.165) is 0 Å². The van der Waals surface area contributed by atoms with Crippen molar-refractivity contribution in [1.29, 1.82) is 0 Å². The molecule has 0 spiro atoms. The van der Waals surface area contributed by atoms with Crippen LogP contribution in [0.25, 0.3) is 6.08 Å². The molecule has 0 saturated heterocycles. The SMILES string of the molecule is CN(C)NC(=O)/C=C/c1c(Cl)cccc1Cl. The van der Waals surface area contributed by atoms with Crippen molar-refractivity contribution in [3.05, 3.63) is 39.9 Å². The van der Waals surface area contributed by atoms with Crippen molar-refractivity contribution in [1.82, 2.24) is 10.4 Å². The first-order valence-corrected chi connectivity index (χ1v) is 5.36. The van der Waals surface area contributed by atoms with Crippen molar-refractivity contribution in [2.75, 3.05) is 14.1 Å². The second-order valence-corrected chi connectivity index (χ2v) is 4.15. The second kappa shape index (κ2) is 5.89. The van der Waals surface area contributed by atoms with Crippen LogP contribution in [0, 0.1) is 0 Å². The number of hydrogen-bond acceptors (Lipinski definition) is 2. The molecule has 1 aromatic carbocycles. The Balaban J connectivity index is 2.80. The van der Waals surface area contributed by atoms with Gasteiger partial charge in [0.2, 0.25) is 0 Å². The molecule has 0 saturated carbocycles. The Labute approximate surface area is 105 Å². The van der Waals surface area contributed by atoms with Crippen molar-refractivity contribution in [2.24, 2.45) is 0 Å². The average molecular weight is 259 g/mol. The van der Waals surface area contributed by atoms with Crippen LogP contribution in [0.3, 0.4) is 0 Å². The molecule has 16 heavy (non-hydrogen) atoms. The van der Waals surface area contributed by atoms with Gasteiger partial charge in [0.1, 0.15) is 0 Å². The van der Waals surface area contributed by atoms with Gasteiger partial charge in [-0.1, -0.05) is 29.3 Å². The van der Waals surface area contributed by atoms with Crippen molar-refractivity contribution < 1.29 is 4.79 Å². The van der Waals surface area contributed by atoms with Crippen LogP contribution in [0.4, 0.5) is 0 Å². The molecule has 1 N–H and O–H groups in total. The van der Waals surface area contributed by atoms with Crippen LogP contribution in [-0.2, 0) is 4.79 Å². The number of halogens is 2. The summed E-state index contributed by atoms with van der Waals surface area (Å²) in [5.74, 6) is -0.235. The molecule has 0 fully saturated rings. The molecule has 0 atom stereocenters. The summed E-state index contributed by atoms with van der Waals surface area (Å²) in [4.78, 5) is 11.3. The quantitative estimate of drug-likeness (QED) is 0.668. The average Bonchev–Trinajstić information content (AvgIpc) is 2.15. The third kappa shape index (κ3) is 3.85. The van der Waals surface area contributed by atoms with Gasteiger partial charge in [-0.15, -0.1) is 0 Å². The number of amides is 1. The summed E-state index contributed by atoms with van der Waals surface area (Å²) in [6.45, 7) is 0. The van der Waals surface area contributed by atoms with Crippen LogP contribution in [0.15, 0.2) is 24.3 Å². The van der Waals surface area contributed by atoms with Crippen LogP contribution in [0.5, 0.6) is 0 Å². The topological polar surface area (TPSA) is 32.3 Å². The molecule has 0 radical (unpaired) electrons. The number of carbonyl (C=O) groups excluding carboxylic acids is 1. The van der Waals surface area contributed by atoms with Gasteiger partial charge in [-0.25, -0.2) is 5.01 Å². The fourth-order valence-electron chi connectivity index (χ4n) is 1.09. The first-order chi connectivity index (χ1) is 7.50. The van der Waals surface area contributed by atoms with Crippen molar-refractivity contribution in [2.45, 2.75) is 0 Å². The monoisotopic (exact) mass is 258 g/mol. The summed E-state index contributed by atoms with van der Waals surface area (Å²) in [6, 6.07) is 5.19. The zero-order valence-corrected chi connectivity index (χ0v) is 10.5. The Bertz CT molecular complexity index is 396. The number of benzene rings is 1. The maximum atomic E-state index is 11.3. The number of hydrogen-bond donors (Lipinski definition) is 1.